The van der Waals surface area contributed by atoms with E-state index in [1.54, 1.807) is 11.9 Å². The molecule has 29 heavy (non-hydrogen) atoms. The molecule has 0 radical (unpaired) electrons. The molecule has 2 N–H and O–H groups in total. The highest BCUT2D eigenvalue weighted by atomic mass is 16.3. The van der Waals surface area contributed by atoms with E-state index in [1.165, 1.54) is 0 Å². The minimum absolute atomic E-state index is 0.0900. The molecule has 1 unspecified atom stereocenters. The topological polar surface area (TPSA) is 74.6 Å². The molecule has 150 valence electrons. The molecule has 4 rings (SSSR count). The van der Waals surface area contributed by atoms with Crippen LogP contribution in [0.25, 0.3) is 11.0 Å². The van der Waals surface area contributed by atoms with Crippen molar-refractivity contribution in [1.29, 1.82) is 0 Å². The Morgan fingerprint density at radius 2 is 1.86 bits per heavy atom. The monoisotopic (exact) mass is 391 g/mol. The number of carbonyl (C=O) groups is 2. The van der Waals surface area contributed by atoms with E-state index in [2.05, 4.69) is 10.6 Å². The highest BCUT2D eigenvalue weighted by Crippen LogP contribution is 2.30. The Bertz CT molecular complexity index is 988. The number of rotatable bonds is 6. The van der Waals surface area contributed by atoms with Crippen molar-refractivity contribution in [2.75, 3.05) is 12.4 Å². The number of anilines is 1. The summed E-state index contributed by atoms with van der Waals surface area (Å²) < 4.78 is 5.87. The van der Waals surface area contributed by atoms with Crippen molar-refractivity contribution in [1.82, 2.24) is 10.2 Å². The molecular formula is C23H25N3O3. The van der Waals surface area contributed by atoms with Gasteiger partial charge in [-0.2, -0.15) is 0 Å². The van der Waals surface area contributed by atoms with Crippen LogP contribution >= 0.6 is 0 Å². The van der Waals surface area contributed by atoms with Gasteiger partial charge in [0.25, 0.3) is 0 Å². The maximum Gasteiger partial charge on any atom is 0.318 e. The number of urea groups is 1. The second kappa shape index (κ2) is 7.99. The zero-order chi connectivity index (χ0) is 20.4. The number of carbonyl (C=O) groups excluding carboxylic acids is 2. The molecule has 1 fully saturated rings. The lowest BCUT2D eigenvalue weighted by Gasteiger charge is -2.23. The summed E-state index contributed by atoms with van der Waals surface area (Å²) in [5, 5.41) is 6.87. The number of para-hydroxylation sites is 1. The number of hydrogen-bond acceptors (Lipinski definition) is 3. The van der Waals surface area contributed by atoms with Gasteiger partial charge in [-0.3, -0.25) is 4.79 Å². The number of nitrogens with zero attached hydrogens (tertiary/aromatic N) is 1. The Morgan fingerprint density at radius 1 is 1.14 bits per heavy atom. The van der Waals surface area contributed by atoms with Crippen molar-refractivity contribution in [2.24, 2.45) is 5.92 Å². The fourth-order valence-electron chi connectivity index (χ4n) is 3.17. The first-order valence-electron chi connectivity index (χ1n) is 9.90. The van der Waals surface area contributed by atoms with E-state index >= 15 is 0 Å². The lowest BCUT2D eigenvalue weighted by molar-refractivity contribution is -0.117. The first-order chi connectivity index (χ1) is 14.0. The van der Waals surface area contributed by atoms with Gasteiger partial charge in [-0.05, 0) is 49.6 Å². The van der Waals surface area contributed by atoms with Gasteiger partial charge in [-0.15, -0.1) is 0 Å². The van der Waals surface area contributed by atoms with E-state index in [0.29, 0.717) is 6.54 Å². The number of hydrogen-bond donors (Lipinski definition) is 2. The minimum Gasteiger partial charge on any atom is -0.459 e. The van der Waals surface area contributed by atoms with Crippen LogP contribution in [0.2, 0.25) is 0 Å². The summed E-state index contributed by atoms with van der Waals surface area (Å²) in [5.74, 6) is 1.02. The summed E-state index contributed by atoms with van der Waals surface area (Å²) in [7, 11) is 1.75. The maximum absolute atomic E-state index is 12.6. The fourth-order valence-corrected chi connectivity index (χ4v) is 3.17. The van der Waals surface area contributed by atoms with Gasteiger partial charge < -0.3 is 20.0 Å². The zero-order valence-corrected chi connectivity index (χ0v) is 16.6. The molecule has 1 saturated carbocycles. The van der Waals surface area contributed by atoms with Crippen LogP contribution < -0.4 is 10.6 Å². The minimum atomic E-state index is -0.192. The highest BCUT2D eigenvalue weighted by Gasteiger charge is 2.29. The Hall–Kier alpha value is -3.28. The predicted octanol–water partition coefficient (Wildman–Crippen LogP) is 4.68. The van der Waals surface area contributed by atoms with Crippen molar-refractivity contribution in [3.8, 4) is 0 Å². The molecule has 1 heterocycles. The van der Waals surface area contributed by atoms with Gasteiger partial charge in [0.15, 0.2) is 0 Å². The smallest absolute Gasteiger partial charge is 0.318 e. The molecule has 3 amide bonds. The third-order valence-corrected chi connectivity index (χ3v) is 5.37. The number of amides is 3. The Labute approximate surface area is 169 Å². The van der Waals surface area contributed by atoms with Gasteiger partial charge in [0, 0.05) is 30.6 Å². The molecule has 1 atom stereocenters. The second-order valence-electron chi connectivity index (χ2n) is 7.59. The molecule has 1 aromatic heterocycles. The molecule has 1 aliphatic carbocycles. The van der Waals surface area contributed by atoms with Crippen LogP contribution in [-0.2, 0) is 11.3 Å². The molecule has 0 spiro atoms. The van der Waals surface area contributed by atoms with E-state index in [1.807, 2.05) is 61.5 Å². The van der Waals surface area contributed by atoms with Gasteiger partial charge in [-0.25, -0.2) is 4.79 Å². The lowest BCUT2D eigenvalue weighted by Crippen LogP contribution is -2.38. The van der Waals surface area contributed by atoms with Gasteiger partial charge in [0.2, 0.25) is 5.91 Å². The first kappa shape index (κ1) is 19.1. The Morgan fingerprint density at radius 3 is 2.55 bits per heavy atom. The summed E-state index contributed by atoms with van der Waals surface area (Å²) in [4.78, 5) is 26.0. The fraction of sp³-hybridized carbons (Fsp3) is 0.304. The SMILES string of the molecule is CC(c1cc2ccccc2o1)N(C)C(=O)NCc1ccc(NC(=O)C2CC2)cc1. The van der Waals surface area contributed by atoms with E-state index in [9.17, 15) is 9.59 Å². The maximum atomic E-state index is 12.6. The van der Waals surface area contributed by atoms with Gasteiger partial charge in [0.1, 0.15) is 11.3 Å². The number of furan rings is 1. The molecule has 6 heteroatoms. The summed E-state index contributed by atoms with van der Waals surface area (Å²) in [6, 6.07) is 16.9. The van der Waals surface area contributed by atoms with Crippen LogP contribution in [0.5, 0.6) is 0 Å². The van der Waals surface area contributed by atoms with Gasteiger partial charge >= 0.3 is 6.03 Å². The molecule has 6 nitrogen and oxygen atoms in total. The quantitative estimate of drug-likeness (QED) is 0.640. The molecule has 3 aromatic rings. The standard InChI is InChI=1S/C23H25N3O3/c1-15(21-13-18-5-3-4-6-20(18)29-21)26(2)23(28)24-14-16-7-11-19(12-8-16)25-22(27)17-9-10-17/h3-8,11-13,15,17H,9-10,14H2,1-2H3,(H,24,28)(H,25,27). The van der Waals surface area contributed by atoms with Crippen LogP contribution in [-0.4, -0.2) is 23.9 Å². The molecule has 2 aromatic carbocycles. The summed E-state index contributed by atoms with van der Waals surface area (Å²) in [6.45, 7) is 2.35. The van der Waals surface area contributed by atoms with Crippen molar-refractivity contribution in [3.63, 3.8) is 0 Å². The van der Waals surface area contributed by atoms with Crippen molar-refractivity contribution >= 4 is 28.6 Å². The van der Waals surface area contributed by atoms with Crippen LogP contribution in [0.15, 0.2) is 59.0 Å². The van der Waals surface area contributed by atoms with Crippen molar-refractivity contribution < 1.29 is 14.0 Å². The molecular weight excluding hydrogens is 366 g/mol. The number of benzene rings is 2. The van der Waals surface area contributed by atoms with Crippen LogP contribution in [0.3, 0.4) is 0 Å². The lowest BCUT2D eigenvalue weighted by atomic mass is 10.2. The van der Waals surface area contributed by atoms with Crippen LogP contribution in [0.4, 0.5) is 10.5 Å². The van der Waals surface area contributed by atoms with Gasteiger partial charge in [0.05, 0.1) is 6.04 Å². The highest BCUT2D eigenvalue weighted by molar-refractivity contribution is 5.94. The average Bonchev–Trinajstić information content (AvgIpc) is 3.50. The van der Waals surface area contributed by atoms with Crippen LogP contribution in [0, 0.1) is 5.92 Å². The van der Waals surface area contributed by atoms with Crippen LogP contribution in [0.1, 0.15) is 37.1 Å². The van der Waals surface area contributed by atoms with E-state index in [-0.39, 0.29) is 23.9 Å². The second-order valence-corrected chi connectivity index (χ2v) is 7.59. The zero-order valence-electron chi connectivity index (χ0n) is 16.6. The number of fused-ring (bicyclic) bond motifs is 1. The van der Waals surface area contributed by atoms with Gasteiger partial charge in [-0.1, -0.05) is 30.3 Å². The normalized spacial score (nSPS) is 14.4. The summed E-state index contributed by atoms with van der Waals surface area (Å²) in [5.41, 5.74) is 2.57. The third kappa shape index (κ3) is 4.42. The Kier molecular flexibility index (Phi) is 5.25. The molecule has 0 aliphatic heterocycles. The van der Waals surface area contributed by atoms with E-state index in [0.717, 1.165) is 40.8 Å². The summed E-state index contributed by atoms with van der Waals surface area (Å²) >= 11 is 0. The third-order valence-electron chi connectivity index (χ3n) is 5.37. The van der Waals surface area contributed by atoms with Crippen molar-refractivity contribution in [3.05, 3.63) is 65.9 Å². The number of nitrogens with one attached hydrogen (secondary N) is 2. The summed E-state index contributed by atoms with van der Waals surface area (Å²) in [6.07, 6.45) is 1.96. The Balaban J connectivity index is 1.31. The molecule has 0 saturated heterocycles. The average molecular weight is 391 g/mol. The van der Waals surface area contributed by atoms with E-state index < -0.39 is 0 Å². The van der Waals surface area contributed by atoms with E-state index in [4.69, 9.17) is 4.42 Å². The molecule has 1 aliphatic rings. The largest absolute Gasteiger partial charge is 0.459 e. The first-order valence-corrected chi connectivity index (χ1v) is 9.90. The van der Waals surface area contributed by atoms with Crippen molar-refractivity contribution in [2.45, 2.75) is 32.4 Å². The predicted molar refractivity (Wildman–Crippen MR) is 112 cm³/mol. The molecule has 0 bridgehead atoms.